The van der Waals surface area contributed by atoms with E-state index in [2.05, 4.69) is 9.71 Å². The van der Waals surface area contributed by atoms with Gasteiger partial charge in [0, 0.05) is 19.8 Å². The number of aromatic nitrogens is 1. The summed E-state index contributed by atoms with van der Waals surface area (Å²) in [5, 5.41) is 0. The number of sulfonamides is 1. The summed E-state index contributed by atoms with van der Waals surface area (Å²) in [5.74, 6) is -0.827. The van der Waals surface area contributed by atoms with Crippen molar-refractivity contribution >= 4 is 21.6 Å². The van der Waals surface area contributed by atoms with Gasteiger partial charge in [-0.05, 0) is 42.0 Å². The first-order chi connectivity index (χ1) is 13.4. The molecule has 0 unspecified atom stereocenters. The number of pyridine rings is 1. The molecule has 0 spiro atoms. The van der Waals surface area contributed by atoms with Crippen LogP contribution in [0.2, 0.25) is 0 Å². The molecular weight excluding hydrogens is 381 g/mol. The van der Waals surface area contributed by atoms with Gasteiger partial charge in [0.2, 0.25) is 0 Å². The van der Waals surface area contributed by atoms with Crippen molar-refractivity contribution in [1.82, 2.24) is 9.88 Å². The number of amides is 1. The van der Waals surface area contributed by atoms with Crippen LogP contribution in [0.15, 0.2) is 78.0 Å². The van der Waals surface area contributed by atoms with Crippen LogP contribution in [0.3, 0.4) is 0 Å². The molecule has 3 rings (SSSR count). The van der Waals surface area contributed by atoms with Gasteiger partial charge in [0.15, 0.2) is 0 Å². The van der Waals surface area contributed by atoms with Crippen molar-refractivity contribution in [3.05, 3.63) is 90.0 Å². The SMILES string of the molecule is CN(Cc1ccc(F)cc1)C(=O)c1ccccc1S(=O)(=O)Nc1cccnc1. The van der Waals surface area contributed by atoms with Crippen molar-refractivity contribution in [2.24, 2.45) is 0 Å². The summed E-state index contributed by atoms with van der Waals surface area (Å²) in [6, 6.07) is 14.9. The van der Waals surface area contributed by atoms with Gasteiger partial charge in [-0.1, -0.05) is 24.3 Å². The summed E-state index contributed by atoms with van der Waals surface area (Å²) < 4.78 is 41.1. The van der Waals surface area contributed by atoms with E-state index in [4.69, 9.17) is 0 Å². The molecule has 6 nitrogen and oxygen atoms in total. The van der Waals surface area contributed by atoms with Crippen LogP contribution in [-0.4, -0.2) is 31.3 Å². The van der Waals surface area contributed by atoms with Crippen LogP contribution >= 0.6 is 0 Å². The van der Waals surface area contributed by atoms with Crippen molar-refractivity contribution in [2.75, 3.05) is 11.8 Å². The Kier molecular flexibility index (Phi) is 5.70. The normalized spacial score (nSPS) is 11.1. The van der Waals surface area contributed by atoms with Crippen LogP contribution in [0.1, 0.15) is 15.9 Å². The molecule has 8 heteroatoms. The van der Waals surface area contributed by atoms with Crippen LogP contribution in [0.5, 0.6) is 0 Å². The van der Waals surface area contributed by atoms with Gasteiger partial charge in [-0.15, -0.1) is 0 Å². The zero-order valence-electron chi connectivity index (χ0n) is 15.0. The van der Waals surface area contributed by atoms with Crippen molar-refractivity contribution in [2.45, 2.75) is 11.4 Å². The first-order valence-corrected chi connectivity index (χ1v) is 9.87. The molecule has 0 aliphatic rings. The standard InChI is InChI=1S/C20H18FN3O3S/c1-24(14-15-8-10-16(21)11-9-15)20(25)18-6-2-3-7-19(18)28(26,27)23-17-5-4-12-22-13-17/h2-13,23H,14H2,1H3. The van der Waals surface area contributed by atoms with Gasteiger partial charge in [-0.25, -0.2) is 12.8 Å². The Morgan fingerprint density at radius 3 is 2.46 bits per heavy atom. The molecule has 1 amide bonds. The quantitative estimate of drug-likeness (QED) is 0.690. The van der Waals surface area contributed by atoms with E-state index in [1.54, 1.807) is 43.4 Å². The van der Waals surface area contributed by atoms with E-state index in [9.17, 15) is 17.6 Å². The molecule has 3 aromatic rings. The fourth-order valence-electron chi connectivity index (χ4n) is 2.65. The number of carbonyl (C=O) groups excluding carboxylic acids is 1. The highest BCUT2D eigenvalue weighted by atomic mass is 32.2. The highest BCUT2D eigenvalue weighted by molar-refractivity contribution is 7.92. The van der Waals surface area contributed by atoms with Crippen LogP contribution in [0.25, 0.3) is 0 Å². The molecule has 28 heavy (non-hydrogen) atoms. The second-order valence-corrected chi connectivity index (χ2v) is 7.78. The molecule has 0 atom stereocenters. The van der Waals surface area contributed by atoms with E-state index in [-0.39, 0.29) is 22.8 Å². The molecular formula is C20H18FN3O3S. The van der Waals surface area contributed by atoms with E-state index < -0.39 is 15.9 Å². The summed E-state index contributed by atoms with van der Waals surface area (Å²) in [6.45, 7) is 0.212. The molecule has 0 saturated carbocycles. The summed E-state index contributed by atoms with van der Waals surface area (Å²) in [7, 11) is -2.43. The maximum atomic E-state index is 13.1. The number of hydrogen-bond donors (Lipinski definition) is 1. The molecule has 2 aromatic carbocycles. The van der Waals surface area contributed by atoms with Gasteiger partial charge >= 0.3 is 0 Å². The molecule has 1 aromatic heterocycles. The van der Waals surface area contributed by atoms with E-state index in [0.29, 0.717) is 5.69 Å². The number of rotatable bonds is 6. The van der Waals surface area contributed by atoms with Crippen LogP contribution < -0.4 is 4.72 Å². The van der Waals surface area contributed by atoms with Crippen LogP contribution in [0.4, 0.5) is 10.1 Å². The Morgan fingerprint density at radius 1 is 1.07 bits per heavy atom. The van der Waals surface area contributed by atoms with Gasteiger partial charge in [-0.2, -0.15) is 0 Å². The number of hydrogen-bond acceptors (Lipinski definition) is 4. The Balaban J connectivity index is 1.86. The number of anilines is 1. The zero-order valence-corrected chi connectivity index (χ0v) is 15.9. The van der Waals surface area contributed by atoms with E-state index in [1.165, 1.54) is 41.6 Å². The Labute approximate surface area is 162 Å². The van der Waals surface area contributed by atoms with Gasteiger partial charge in [-0.3, -0.25) is 14.5 Å². The number of carbonyl (C=O) groups is 1. The first-order valence-electron chi connectivity index (χ1n) is 8.38. The maximum Gasteiger partial charge on any atom is 0.262 e. The molecule has 1 heterocycles. The lowest BCUT2D eigenvalue weighted by Crippen LogP contribution is -2.28. The topological polar surface area (TPSA) is 79.4 Å². The second kappa shape index (κ2) is 8.18. The molecule has 0 bridgehead atoms. The minimum atomic E-state index is -3.99. The summed E-state index contributed by atoms with van der Waals surface area (Å²) in [4.78, 5) is 18.0. The minimum Gasteiger partial charge on any atom is -0.337 e. The number of benzene rings is 2. The van der Waals surface area contributed by atoms with Crippen molar-refractivity contribution in [3.8, 4) is 0 Å². The van der Waals surface area contributed by atoms with Gasteiger partial charge in [0.25, 0.3) is 15.9 Å². The summed E-state index contributed by atoms with van der Waals surface area (Å²) in [5.41, 5.74) is 1.07. The van der Waals surface area contributed by atoms with Crippen molar-refractivity contribution in [1.29, 1.82) is 0 Å². The fraction of sp³-hybridized carbons (Fsp3) is 0.100. The monoisotopic (exact) mass is 399 g/mol. The lowest BCUT2D eigenvalue weighted by molar-refractivity contribution is 0.0781. The minimum absolute atomic E-state index is 0.0449. The molecule has 0 aliphatic carbocycles. The fourth-order valence-corrected chi connectivity index (χ4v) is 3.90. The zero-order chi connectivity index (χ0) is 20.1. The molecule has 0 aliphatic heterocycles. The smallest absolute Gasteiger partial charge is 0.262 e. The number of nitrogens with zero attached hydrogens (tertiary/aromatic N) is 2. The highest BCUT2D eigenvalue weighted by Gasteiger charge is 2.24. The molecule has 1 N–H and O–H groups in total. The Hall–Kier alpha value is -3.26. The Morgan fingerprint density at radius 2 is 1.79 bits per heavy atom. The molecule has 0 radical (unpaired) electrons. The third-order valence-electron chi connectivity index (χ3n) is 4.00. The molecule has 0 fully saturated rings. The first kappa shape index (κ1) is 19.5. The van der Waals surface area contributed by atoms with Gasteiger partial charge in [0.05, 0.1) is 17.4 Å². The number of halogens is 1. The predicted octanol–water partition coefficient (Wildman–Crippen LogP) is 3.29. The lowest BCUT2D eigenvalue weighted by Gasteiger charge is -2.19. The van der Waals surface area contributed by atoms with Crippen LogP contribution in [-0.2, 0) is 16.6 Å². The predicted molar refractivity (Wildman–Crippen MR) is 104 cm³/mol. The third kappa shape index (κ3) is 4.52. The molecule has 0 saturated heterocycles. The van der Waals surface area contributed by atoms with E-state index in [1.807, 2.05) is 0 Å². The number of nitrogens with one attached hydrogen (secondary N) is 1. The van der Waals surface area contributed by atoms with Crippen molar-refractivity contribution < 1.29 is 17.6 Å². The maximum absolute atomic E-state index is 13.1. The summed E-state index contributed by atoms with van der Waals surface area (Å²) in [6.07, 6.45) is 2.91. The largest absolute Gasteiger partial charge is 0.337 e. The van der Waals surface area contributed by atoms with E-state index >= 15 is 0 Å². The van der Waals surface area contributed by atoms with Crippen molar-refractivity contribution in [3.63, 3.8) is 0 Å². The van der Waals surface area contributed by atoms with E-state index in [0.717, 1.165) is 5.56 Å². The van der Waals surface area contributed by atoms with Gasteiger partial charge in [0.1, 0.15) is 10.7 Å². The Bertz CT molecular complexity index is 1070. The highest BCUT2D eigenvalue weighted by Crippen LogP contribution is 2.21. The second-order valence-electron chi connectivity index (χ2n) is 6.13. The average Bonchev–Trinajstić information content (AvgIpc) is 2.69. The lowest BCUT2D eigenvalue weighted by atomic mass is 10.1. The third-order valence-corrected chi connectivity index (χ3v) is 5.44. The van der Waals surface area contributed by atoms with Gasteiger partial charge < -0.3 is 4.90 Å². The summed E-state index contributed by atoms with van der Waals surface area (Å²) >= 11 is 0. The average molecular weight is 399 g/mol. The molecule has 144 valence electrons. The van der Waals surface area contributed by atoms with Crippen LogP contribution in [0, 0.1) is 5.82 Å².